The number of nitrogens with zero attached hydrogens (tertiary/aromatic N) is 1. The maximum Gasteiger partial charge on any atom is 0.304 e. The van der Waals surface area contributed by atoms with Crippen molar-refractivity contribution >= 4 is 11.7 Å². The van der Waals surface area contributed by atoms with E-state index in [2.05, 4.69) is 11.8 Å². The second-order valence-electron chi connectivity index (χ2n) is 4.00. The predicted molar refractivity (Wildman–Crippen MR) is 69.9 cm³/mol. The van der Waals surface area contributed by atoms with Crippen LogP contribution in [0, 0.1) is 0 Å². The Bertz CT molecular complexity index is 337. The van der Waals surface area contributed by atoms with Gasteiger partial charge in [0.1, 0.15) is 0 Å². The third-order valence-corrected chi connectivity index (χ3v) is 2.55. The summed E-state index contributed by atoms with van der Waals surface area (Å²) in [6, 6.07) is 10.1. The van der Waals surface area contributed by atoms with E-state index in [-0.39, 0.29) is 12.2 Å². The molecule has 0 aliphatic carbocycles. The molecule has 0 amide bonds. The Balaban J connectivity index is 2.86. The number of esters is 1. The highest BCUT2D eigenvalue weighted by Gasteiger charge is 2.18. The van der Waals surface area contributed by atoms with Gasteiger partial charge in [-0.2, -0.15) is 0 Å². The molecule has 0 fully saturated rings. The minimum Gasteiger partial charge on any atom is -0.442 e. The van der Waals surface area contributed by atoms with Gasteiger partial charge in [-0.3, -0.25) is 4.79 Å². The second-order valence-corrected chi connectivity index (χ2v) is 4.00. The average molecular weight is 235 g/mol. The summed E-state index contributed by atoms with van der Waals surface area (Å²) in [5.74, 6) is -0.228. The quantitative estimate of drug-likeness (QED) is 0.560. The van der Waals surface area contributed by atoms with Gasteiger partial charge in [-0.15, -0.1) is 0 Å². The van der Waals surface area contributed by atoms with Crippen molar-refractivity contribution in [3.8, 4) is 0 Å². The summed E-state index contributed by atoms with van der Waals surface area (Å²) >= 11 is 0. The topological polar surface area (TPSA) is 29.5 Å². The molecule has 0 aromatic heterocycles. The van der Waals surface area contributed by atoms with Crippen molar-refractivity contribution in [2.24, 2.45) is 0 Å². The molecule has 0 saturated heterocycles. The number of ether oxygens (including phenoxy) is 1. The zero-order valence-corrected chi connectivity index (χ0v) is 10.8. The number of carbonyl (C=O) groups excluding carboxylic acids is 1. The lowest BCUT2D eigenvalue weighted by atomic mass is 10.2. The van der Waals surface area contributed by atoms with Gasteiger partial charge in [0, 0.05) is 25.6 Å². The third kappa shape index (κ3) is 4.10. The molecule has 1 aromatic rings. The first-order chi connectivity index (χ1) is 8.19. The molecule has 0 spiro atoms. The Kier molecular flexibility index (Phi) is 5.53. The monoisotopic (exact) mass is 235 g/mol. The molecule has 0 bridgehead atoms. The van der Waals surface area contributed by atoms with Crippen LogP contribution in [0.3, 0.4) is 0 Å². The largest absolute Gasteiger partial charge is 0.442 e. The van der Waals surface area contributed by atoms with Crippen molar-refractivity contribution in [3.05, 3.63) is 30.3 Å². The minimum absolute atomic E-state index is 0.171. The number of carbonyl (C=O) groups is 1. The van der Waals surface area contributed by atoms with E-state index >= 15 is 0 Å². The van der Waals surface area contributed by atoms with Gasteiger partial charge in [-0.1, -0.05) is 32.0 Å². The van der Waals surface area contributed by atoms with E-state index in [1.165, 1.54) is 6.92 Å². The smallest absolute Gasteiger partial charge is 0.304 e. The summed E-state index contributed by atoms with van der Waals surface area (Å²) in [6.07, 6.45) is 1.64. The van der Waals surface area contributed by atoms with E-state index in [1.807, 2.05) is 37.3 Å². The molecule has 1 aromatic carbocycles. The molecular formula is C14H21NO2. The van der Waals surface area contributed by atoms with Gasteiger partial charge in [0.2, 0.25) is 0 Å². The van der Waals surface area contributed by atoms with Crippen LogP contribution in [0.25, 0.3) is 0 Å². The molecule has 0 saturated carbocycles. The molecule has 1 rings (SSSR count). The molecule has 1 atom stereocenters. The number of hydrogen-bond acceptors (Lipinski definition) is 3. The van der Waals surface area contributed by atoms with E-state index in [4.69, 9.17) is 4.74 Å². The fraction of sp³-hybridized carbons (Fsp3) is 0.500. The Morgan fingerprint density at radius 3 is 2.41 bits per heavy atom. The van der Waals surface area contributed by atoms with Crippen molar-refractivity contribution in [2.45, 2.75) is 39.8 Å². The molecule has 3 nitrogen and oxygen atoms in total. The van der Waals surface area contributed by atoms with E-state index in [0.717, 1.165) is 25.1 Å². The SMILES string of the molecule is CCCN(c1ccccc1)C(CC)OC(C)=O. The lowest BCUT2D eigenvalue weighted by Gasteiger charge is -2.32. The first-order valence-electron chi connectivity index (χ1n) is 6.18. The third-order valence-electron chi connectivity index (χ3n) is 2.55. The molecule has 0 heterocycles. The number of anilines is 1. The van der Waals surface area contributed by atoms with Crippen LogP contribution < -0.4 is 4.90 Å². The van der Waals surface area contributed by atoms with Gasteiger partial charge < -0.3 is 9.64 Å². The fourth-order valence-electron chi connectivity index (χ4n) is 1.86. The number of hydrogen-bond donors (Lipinski definition) is 0. The molecular weight excluding hydrogens is 214 g/mol. The lowest BCUT2D eigenvalue weighted by Crippen LogP contribution is -2.38. The van der Waals surface area contributed by atoms with E-state index in [1.54, 1.807) is 0 Å². The van der Waals surface area contributed by atoms with Crippen LogP contribution in [-0.4, -0.2) is 18.7 Å². The van der Waals surface area contributed by atoms with Crippen LogP contribution in [0.5, 0.6) is 0 Å². The summed E-state index contributed by atoms with van der Waals surface area (Å²) in [4.78, 5) is 13.2. The fourth-order valence-corrected chi connectivity index (χ4v) is 1.86. The first-order valence-corrected chi connectivity index (χ1v) is 6.18. The molecule has 0 radical (unpaired) electrons. The average Bonchev–Trinajstić information content (AvgIpc) is 2.34. The molecule has 17 heavy (non-hydrogen) atoms. The molecule has 1 unspecified atom stereocenters. The van der Waals surface area contributed by atoms with Crippen LogP contribution in [0.15, 0.2) is 30.3 Å². The van der Waals surface area contributed by atoms with E-state index in [9.17, 15) is 4.79 Å². The summed E-state index contributed by atoms with van der Waals surface area (Å²) in [5.41, 5.74) is 1.10. The van der Waals surface area contributed by atoms with Gasteiger partial charge in [0.05, 0.1) is 0 Å². The van der Waals surface area contributed by atoms with Gasteiger partial charge >= 0.3 is 5.97 Å². The van der Waals surface area contributed by atoms with Gasteiger partial charge in [0.15, 0.2) is 6.23 Å². The van der Waals surface area contributed by atoms with Crippen LogP contribution in [-0.2, 0) is 9.53 Å². The summed E-state index contributed by atoms with van der Waals surface area (Å²) in [6.45, 7) is 6.49. The molecule has 3 heteroatoms. The van der Waals surface area contributed by atoms with Gasteiger partial charge in [-0.25, -0.2) is 0 Å². The Morgan fingerprint density at radius 2 is 1.94 bits per heavy atom. The van der Waals surface area contributed by atoms with Crippen molar-refractivity contribution in [3.63, 3.8) is 0 Å². The van der Waals surface area contributed by atoms with Crippen molar-refractivity contribution in [2.75, 3.05) is 11.4 Å². The van der Waals surface area contributed by atoms with Crippen molar-refractivity contribution < 1.29 is 9.53 Å². The number of benzene rings is 1. The zero-order valence-electron chi connectivity index (χ0n) is 10.8. The molecule has 0 N–H and O–H groups in total. The first kappa shape index (κ1) is 13.6. The maximum atomic E-state index is 11.1. The van der Waals surface area contributed by atoms with Crippen LogP contribution in [0.2, 0.25) is 0 Å². The van der Waals surface area contributed by atoms with Crippen LogP contribution in [0.4, 0.5) is 5.69 Å². The molecule has 0 aliphatic heterocycles. The molecule has 94 valence electrons. The normalized spacial score (nSPS) is 11.9. The minimum atomic E-state index is -0.228. The number of rotatable bonds is 6. The highest BCUT2D eigenvalue weighted by molar-refractivity contribution is 5.66. The summed E-state index contributed by atoms with van der Waals surface area (Å²) < 4.78 is 5.36. The Morgan fingerprint density at radius 1 is 1.29 bits per heavy atom. The molecule has 0 aliphatic rings. The Labute approximate surface area is 103 Å². The highest BCUT2D eigenvalue weighted by Crippen LogP contribution is 2.19. The number of para-hydroxylation sites is 1. The van der Waals surface area contributed by atoms with Crippen LogP contribution >= 0.6 is 0 Å². The summed E-state index contributed by atoms with van der Waals surface area (Å²) in [7, 11) is 0. The maximum absolute atomic E-state index is 11.1. The van der Waals surface area contributed by atoms with Gasteiger partial charge in [-0.05, 0) is 18.6 Å². The van der Waals surface area contributed by atoms with Crippen LogP contribution in [0.1, 0.15) is 33.6 Å². The standard InChI is InChI=1S/C14H21NO2/c1-4-11-15(13-9-7-6-8-10-13)14(5-2)17-12(3)16/h6-10,14H,4-5,11H2,1-3H3. The van der Waals surface area contributed by atoms with Crippen molar-refractivity contribution in [1.29, 1.82) is 0 Å². The van der Waals surface area contributed by atoms with Crippen molar-refractivity contribution in [1.82, 2.24) is 0 Å². The van der Waals surface area contributed by atoms with E-state index < -0.39 is 0 Å². The lowest BCUT2D eigenvalue weighted by molar-refractivity contribution is -0.146. The second kappa shape index (κ2) is 6.94. The Hall–Kier alpha value is -1.51. The summed E-state index contributed by atoms with van der Waals surface area (Å²) in [5, 5.41) is 0. The van der Waals surface area contributed by atoms with Gasteiger partial charge in [0.25, 0.3) is 0 Å². The van der Waals surface area contributed by atoms with E-state index in [0.29, 0.717) is 0 Å². The highest BCUT2D eigenvalue weighted by atomic mass is 16.6. The zero-order chi connectivity index (χ0) is 12.7. The predicted octanol–water partition coefficient (Wildman–Crippen LogP) is 3.20.